The van der Waals surface area contributed by atoms with Gasteiger partial charge in [-0.1, -0.05) is 17.8 Å². The largest absolute Gasteiger partial charge is 0.493 e. The lowest BCUT2D eigenvalue weighted by Crippen LogP contribution is -2.04. The number of methoxy groups -OCH3 is 1. The molecular weight excluding hydrogens is 278 g/mol. The smallest absolute Gasteiger partial charge is 0.337 e. The Balaban J connectivity index is 1.80. The Morgan fingerprint density at radius 3 is 3.00 bits per heavy atom. The normalized spacial score (nSPS) is 10.3. The molecule has 1 aromatic carbocycles. The van der Waals surface area contributed by atoms with Crippen LogP contribution in [0, 0.1) is 6.92 Å². The Hall–Kier alpha value is -2.02. The van der Waals surface area contributed by atoms with E-state index in [0.29, 0.717) is 23.1 Å². The maximum absolute atomic E-state index is 11.4. The van der Waals surface area contributed by atoms with Gasteiger partial charge in [0, 0.05) is 5.75 Å². The average molecular weight is 293 g/mol. The number of hydrogen-bond donors (Lipinski definition) is 1. The van der Waals surface area contributed by atoms with Crippen molar-refractivity contribution < 1.29 is 14.3 Å². The molecule has 0 atom stereocenters. The second-order valence-electron chi connectivity index (χ2n) is 3.92. The predicted molar refractivity (Wildman–Crippen MR) is 75.1 cm³/mol. The monoisotopic (exact) mass is 293 g/mol. The van der Waals surface area contributed by atoms with Gasteiger partial charge < -0.3 is 9.47 Å². The third-order valence-electron chi connectivity index (χ3n) is 2.42. The highest BCUT2D eigenvalue weighted by Gasteiger charge is 2.06. The predicted octanol–water partition coefficient (Wildman–Crippen LogP) is 2.07. The topological polar surface area (TPSA) is 77.1 Å². The number of thioether (sulfide) groups is 1. The molecule has 0 fully saturated rings. The number of hydrogen-bond acceptors (Lipinski definition) is 6. The van der Waals surface area contributed by atoms with Crippen LogP contribution in [0.3, 0.4) is 0 Å². The first-order valence-corrected chi connectivity index (χ1v) is 7.00. The highest BCUT2D eigenvalue weighted by Crippen LogP contribution is 2.16. The summed E-state index contributed by atoms with van der Waals surface area (Å²) in [5.74, 6) is 1.78. The summed E-state index contributed by atoms with van der Waals surface area (Å²) in [4.78, 5) is 15.6. The summed E-state index contributed by atoms with van der Waals surface area (Å²) < 4.78 is 10.2. The lowest BCUT2D eigenvalue weighted by Gasteiger charge is -2.06. The standard InChI is InChI=1S/C13H15N3O3S/c1-9-14-13(16-15-9)20-7-6-19-11-5-3-4-10(8-11)12(17)18-2/h3-5,8H,6-7H2,1-2H3,(H,14,15,16). The van der Waals surface area contributed by atoms with Crippen LogP contribution in [0.1, 0.15) is 16.2 Å². The molecule has 6 nitrogen and oxygen atoms in total. The number of nitrogens with one attached hydrogen (secondary N) is 1. The molecule has 0 amide bonds. The van der Waals surface area contributed by atoms with Gasteiger partial charge in [0.05, 0.1) is 19.3 Å². The number of benzene rings is 1. The van der Waals surface area contributed by atoms with Gasteiger partial charge in [0.15, 0.2) is 0 Å². The van der Waals surface area contributed by atoms with Gasteiger partial charge in [0.25, 0.3) is 0 Å². The van der Waals surface area contributed by atoms with Gasteiger partial charge in [-0.3, -0.25) is 5.10 Å². The fourth-order valence-electron chi connectivity index (χ4n) is 1.51. The molecule has 0 bridgehead atoms. The SMILES string of the molecule is COC(=O)c1cccc(OCCSc2n[nH]c(C)n2)c1. The Morgan fingerprint density at radius 1 is 1.45 bits per heavy atom. The molecule has 106 valence electrons. The van der Waals surface area contributed by atoms with Crippen LogP contribution in [0.15, 0.2) is 29.4 Å². The van der Waals surface area contributed by atoms with Crippen LogP contribution in [0.5, 0.6) is 5.75 Å². The number of nitrogens with zero attached hydrogens (tertiary/aromatic N) is 2. The zero-order valence-electron chi connectivity index (χ0n) is 11.3. The summed E-state index contributed by atoms with van der Waals surface area (Å²) in [6.45, 7) is 2.36. The zero-order valence-corrected chi connectivity index (χ0v) is 12.1. The van der Waals surface area contributed by atoms with Crippen molar-refractivity contribution in [1.29, 1.82) is 0 Å². The summed E-state index contributed by atoms with van der Waals surface area (Å²) in [5, 5.41) is 7.50. The van der Waals surface area contributed by atoms with Gasteiger partial charge in [-0.05, 0) is 25.1 Å². The van der Waals surface area contributed by atoms with Crippen molar-refractivity contribution in [2.75, 3.05) is 19.5 Å². The fourth-order valence-corrected chi connectivity index (χ4v) is 2.17. The van der Waals surface area contributed by atoms with Crippen molar-refractivity contribution in [1.82, 2.24) is 15.2 Å². The van der Waals surface area contributed by atoms with Crippen LogP contribution in [-0.2, 0) is 4.74 Å². The molecular formula is C13H15N3O3S. The molecule has 0 aliphatic carbocycles. The molecule has 0 spiro atoms. The molecule has 2 rings (SSSR count). The maximum atomic E-state index is 11.4. The minimum absolute atomic E-state index is 0.374. The van der Waals surface area contributed by atoms with E-state index in [1.54, 1.807) is 24.3 Å². The van der Waals surface area contributed by atoms with Gasteiger partial charge in [0.2, 0.25) is 5.16 Å². The second kappa shape index (κ2) is 6.95. The van der Waals surface area contributed by atoms with Crippen molar-refractivity contribution in [3.05, 3.63) is 35.7 Å². The molecule has 0 aliphatic heterocycles. The minimum Gasteiger partial charge on any atom is -0.493 e. The molecule has 2 aromatic rings. The van der Waals surface area contributed by atoms with Gasteiger partial charge >= 0.3 is 5.97 Å². The molecule has 7 heteroatoms. The molecule has 20 heavy (non-hydrogen) atoms. The molecule has 1 N–H and O–H groups in total. The first-order chi connectivity index (χ1) is 9.69. The van der Waals surface area contributed by atoms with Crippen LogP contribution in [0.4, 0.5) is 0 Å². The number of esters is 1. The molecule has 1 heterocycles. The maximum Gasteiger partial charge on any atom is 0.337 e. The number of aromatic nitrogens is 3. The highest BCUT2D eigenvalue weighted by molar-refractivity contribution is 7.99. The van der Waals surface area contributed by atoms with Gasteiger partial charge in [0.1, 0.15) is 11.6 Å². The summed E-state index contributed by atoms with van der Waals surface area (Å²) >= 11 is 1.51. The van der Waals surface area contributed by atoms with E-state index in [-0.39, 0.29) is 5.97 Å². The summed E-state index contributed by atoms with van der Waals surface area (Å²) in [6, 6.07) is 6.90. The van der Waals surface area contributed by atoms with Crippen LogP contribution in [-0.4, -0.2) is 40.6 Å². The van der Waals surface area contributed by atoms with E-state index in [2.05, 4.69) is 19.9 Å². The number of carbonyl (C=O) groups is 1. The van der Waals surface area contributed by atoms with Crippen LogP contribution >= 0.6 is 11.8 Å². The molecule has 0 radical (unpaired) electrons. The minimum atomic E-state index is -0.374. The fraction of sp³-hybridized carbons (Fsp3) is 0.308. The van der Waals surface area contributed by atoms with Gasteiger partial charge in [-0.25, -0.2) is 9.78 Å². The third-order valence-corrected chi connectivity index (χ3v) is 3.23. The number of aryl methyl sites for hydroxylation is 1. The number of rotatable bonds is 6. The number of ether oxygens (including phenoxy) is 2. The summed E-state index contributed by atoms with van der Waals surface area (Å²) in [7, 11) is 1.35. The van der Waals surface area contributed by atoms with E-state index in [4.69, 9.17) is 4.74 Å². The lowest BCUT2D eigenvalue weighted by molar-refractivity contribution is 0.0600. The first kappa shape index (κ1) is 14.4. The Labute approximate surface area is 120 Å². The van der Waals surface area contributed by atoms with Crippen molar-refractivity contribution in [3.63, 3.8) is 0 Å². The molecule has 0 unspecified atom stereocenters. The van der Waals surface area contributed by atoms with E-state index in [9.17, 15) is 4.79 Å². The second-order valence-corrected chi connectivity index (χ2v) is 4.98. The van der Waals surface area contributed by atoms with Crippen LogP contribution < -0.4 is 4.74 Å². The van der Waals surface area contributed by atoms with E-state index < -0.39 is 0 Å². The molecule has 1 aromatic heterocycles. The van der Waals surface area contributed by atoms with Crippen molar-refractivity contribution in [3.8, 4) is 5.75 Å². The Kier molecular flexibility index (Phi) is 5.00. The van der Waals surface area contributed by atoms with Crippen molar-refractivity contribution in [2.24, 2.45) is 0 Å². The molecule has 0 saturated heterocycles. The first-order valence-electron chi connectivity index (χ1n) is 6.02. The van der Waals surface area contributed by atoms with Crippen molar-refractivity contribution in [2.45, 2.75) is 12.1 Å². The third kappa shape index (κ3) is 3.99. The van der Waals surface area contributed by atoms with E-state index in [0.717, 1.165) is 11.6 Å². The molecule has 0 aliphatic rings. The Morgan fingerprint density at radius 2 is 2.30 bits per heavy atom. The Bertz CT molecular complexity index is 586. The summed E-state index contributed by atoms with van der Waals surface area (Å²) in [5.41, 5.74) is 0.474. The lowest BCUT2D eigenvalue weighted by atomic mass is 10.2. The van der Waals surface area contributed by atoms with Crippen LogP contribution in [0.25, 0.3) is 0 Å². The van der Waals surface area contributed by atoms with E-state index in [1.807, 2.05) is 6.92 Å². The highest BCUT2D eigenvalue weighted by atomic mass is 32.2. The molecule has 0 saturated carbocycles. The number of H-pyrrole nitrogens is 1. The quantitative estimate of drug-likeness (QED) is 0.499. The van der Waals surface area contributed by atoms with Gasteiger partial charge in [-0.2, -0.15) is 0 Å². The van der Waals surface area contributed by atoms with E-state index in [1.165, 1.54) is 18.9 Å². The van der Waals surface area contributed by atoms with E-state index >= 15 is 0 Å². The number of aromatic amines is 1. The van der Waals surface area contributed by atoms with Crippen LogP contribution in [0.2, 0.25) is 0 Å². The zero-order chi connectivity index (χ0) is 14.4. The van der Waals surface area contributed by atoms with Crippen molar-refractivity contribution >= 4 is 17.7 Å². The summed E-state index contributed by atoms with van der Waals surface area (Å²) in [6.07, 6.45) is 0. The number of carbonyl (C=O) groups excluding carboxylic acids is 1. The van der Waals surface area contributed by atoms with Gasteiger partial charge in [-0.15, -0.1) is 5.10 Å². The average Bonchev–Trinajstić information content (AvgIpc) is 2.88.